The number of methoxy groups -OCH3 is 1. The zero-order valence-corrected chi connectivity index (χ0v) is 10.4. The molecule has 1 aromatic carbocycles. The minimum Gasteiger partial charge on any atom is -0.380 e. The van der Waals surface area contributed by atoms with Crippen molar-refractivity contribution in [2.24, 2.45) is 10.8 Å². The van der Waals surface area contributed by atoms with Crippen molar-refractivity contribution in [1.82, 2.24) is 5.43 Å². The van der Waals surface area contributed by atoms with Crippen LogP contribution in [0.3, 0.4) is 0 Å². The highest BCUT2D eigenvalue weighted by Crippen LogP contribution is 2.11. The van der Waals surface area contributed by atoms with Gasteiger partial charge in [-0.25, -0.2) is 5.84 Å². The van der Waals surface area contributed by atoms with Gasteiger partial charge in [0.2, 0.25) is 5.96 Å². The molecule has 5 nitrogen and oxygen atoms in total. The molecule has 0 aliphatic carbocycles. The van der Waals surface area contributed by atoms with Gasteiger partial charge in [0, 0.05) is 19.3 Å². The molecule has 0 amide bonds. The van der Waals surface area contributed by atoms with E-state index in [-0.39, 0.29) is 0 Å². The van der Waals surface area contributed by atoms with Crippen molar-refractivity contribution in [3.05, 3.63) is 29.8 Å². The summed E-state index contributed by atoms with van der Waals surface area (Å²) >= 11 is 0. The van der Waals surface area contributed by atoms with Gasteiger partial charge in [0.15, 0.2) is 0 Å². The maximum atomic E-state index is 5.39. The third-order valence-corrected chi connectivity index (χ3v) is 2.13. The lowest BCUT2D eigenvalue weighted by molar-refractivity contribution is 0.185. The van der Waals surface area contributed by atoms with Crippen LogP contribution in [0.15, 0.2) is 29.3 Å². The average molecular weight is 236 g/mol. The van der Waals surface area contributed by atoms with E-state index >= 15 is 0 Å². The van der Waals surface area contributed by atoms with Gasteiger partial charge in [-0.1, -0.05) is 19.1 Å². The van der Waals surface area contributed by atoms with Crippen LogP contribution in [0.5, 0.6) is 0 Å². The van der Waals surface area contributed by atoms with Crippen LogP contribution < -0.4 is 16.6 Å². The molecule has 0 aromatic heterocycles. The molecule has 0 spiro atoms. The summed E-state index contributed by atoms with van der Waals surface area (Å²) in [5.74, 6) is 5.96. The van der Waals surface area contributed by atoms with Gasteiger partial charge in [-0.3, -0.25) is 10.4 Å². The van der Waals surface area contributed by atoms with Gasteiger partial charge in [0.05, 0.1) is 6.61 Å². The Morgan fingerprint density at radius 2 is 2.29 bits per heavy atom. The number of ether oxygens (including phenoxy) is 1. The Morgan fingerprint density at radius 3 is 2.94 bits per heavy atom. The second-order valence-electron chi connectivity index (χ2n) is 3.63. The van der Waals surface area contributed by atoms with Crippen LogP contribution in [-0.4, -0.2) is 19.6 Å². The molecule has 0 saturated carbocycles. The molecule has 0 aliphatic rings. The Labute approximate surface area is 102 Å². The van der Waals surface area contributed by atoms with Crippen molar-refractivity contribution in [2.75, 3.05) is 19.0 Å². The summed E-state index contributed by atoms with van der Waals surface area (Å²) in [4.78, 5) is 4.27. The lowest BCUT2D eigenvalue weighted by Gasteiger charge is -2.10. The van der Waals surface area contributed by atoms with Gasteiger partial charge in [0.1, 0.15) is 0 Å². The van der Waals surface area contributed by atoms with Crippen molar-refractivity contribution < 1.29 is 4.74 Å². The quantitative estimate of drug-likeness (QED) is 0.313. The lowest BCUT2D eigenvalue weighted by atomic mass is 10.2. The van der Waals surface area contributed by atoms with E-state index < -0.39 is 0 Å². The molecule has 0 aliphatic heterocycles. The van der Waals surface area contributed by atoms with Crippen LogP contribution in [0.2, 0.25) is 0 Å². The van der Waals surface area contributed by atoms with Crippen molar-refractivity contribution in [1.29, 1.82) is 0 Å². The molecular formula is C12H20N4O. The molecule has 0 heterocycles. The zero-order chi connectivity index (χ0) is 12.5. The highest BCUT2D eigenvalue weighted by Gasteiger charge is 1.99. The first-order valence-electron chi connectivity index (χ1n) is 5.66. The minimum atomic E-state index is 0.571. The summed E-state index contributed by atoms with van der Waals surface area (Å²) in [5.41, 5.74) is 4.58. The smallest absolute Gasteiger partial charge is 0.210 e. The van der Waals surface area contributed by atoms with E-state index in [4.69, 9.17) is 10.6 Å². The van der Waals surface area contributed by atoms with Gasteiger partial charge in [-0.2, -0.15) is 0 Å². The summed E-state index contributed by atoms with van der Waals surface area (Å²) in [5, 5.41) is 3.12. The van der Waals surface area contributed by atoms with Crippen LogP contribution in [0.25, 0.3) is 0 Å². The number of guanidine groups is 1. The maximum absolute atomic E-state index is 5.39. The number of nitrogens with two attached hydrogens (primary N) is 1. The van der Waals surface area contributed by atoms with Gasteiger partial charge in [-0.15, -0.1) is 0 Å². The Bertz CT molecular complexity index is 365. The Kier molecular flexibility index (Phi) is 6.06. The van der Waals surface area contributed by atoms with Gasteiger partial charge < -0.3 is 10.1 Å². The Hall–Kier alpha value is -1.59. The zero-order valence-electron chi connectivity index (χ0n) is 10.4. The highest BCUT2D eigenvalue weighted by atomic mass is 16.5. The lowest BCUT2D eigenvalue weighted by Crippen LogP contribution is -2.36. The molecule has 0 atom stereocenters. The first kappa shape index (κ1) is 13.5. The first-order valence-corrected chi connectivity index (χ1v) is 5.66. The van der Waals surface area contributed by atoms with Crippen molar-refractivity contribution in [3.8, 4) is 0 Å². The number of benzene rings is 1. The third kappa shape index (κ3) is 4.84. The number of hydrogen-bond acceptors (Lipinski definition) is 3. The highest BCUT2D eigenvalue weighted by molar-refractivity contribution is 5.93. The van der Waals surface area contributed by atoms with Crippen LogP contribution in [-0.2, 0) is 11.3 Å². The number of nitrogens with one attached hydrogen (secondary N) is 2. The number of hydrazine groups is 1. The largest absolute Gasteiger partial charge is 0.380 e. The molecule has 0 bridgehead atoms. The maximum Gasteiger partial charge on any atom is 0.210 e. The van der Waals surface area contributed by atoms with Gasteiger partial charge in [-0.05, 0) is 24.1 Å². The summed E-state index contributed by atoms with van der Waals surface area (Å²) in [6, 6.07) is 7.93. The topological polar surface area (TPSA) is 71.7 Å². The molecule has 5 heteroatoms. The first-order chi connectivity index (χ1) is 8.30. The minimum absolute atomic E-state index is 0.571. The number of hydrogen-bond donors (Lipinski definition) is 3. The molecule has 0 unspecified atom stereocenters. The predicted octanol–water partition coefficient (Wildman–Crippen LogP) is 1.47. The number of anilines is 1. The third-order valence-electron chi connectivity index (χ3n) is 2.13. The molecule has 4 N–H and O–H groups in total. The molecule has 17 heavy (non-hydrogen) atoms. The second-order valence-corrected chi connectivity index (χ2v) is 3.63. The van der Waals surface area contributed by atoms with Crippen molar-refractivity contribution >= 4 is 11.6 Å². The number of rotatable bonds is 5. The van der Waals surface area contributed by atoms with E-state index in [1.165, 1.54) is 0 Å². The van der Waals surface area contributed by atoms with E-state index in [1.54, 1.807) is 7.11 Å². The number of nitrogens with zero attached hydrogens (tertiary/aromatic N) is 1. The average Bonchev–Trinajstić information content (AvgIpc) is 2.35. The van der Waals surface area contributed by atoms with Crippen LogP contribution in [0, 0.1) is 0 Å². The van der Waals surface area contributed by atoms with Gasteiger partial charge in [0.25, 0.3) is 0 Å². The fraction of sp³-hybridized carbons (Fsp3) is 0.417. The van der Waals surface area contributed by atoms with Crippen LogP contribution in [0.1, 0.15) is 18.9 Å². The molecule has 0 saturated heterocycles. The standard InChI is InChI=1S/C12H20N4O/c1-3-7-14-12(16-13)15-11-6-4-5-10(8-11)9-17-2/h4-6,8H,3,7,9,13H2,1-2H3,(H2,14,15,16). The van der Waals surface area contributed by atoms with E-state index in [0.29, 0.717) is 12.6 Å². The Morgan fingerprint density at radius 1 is 1.47 bits per heavy atom. The van der Waals surface area contributed by atoms with Crippen molar-refractivity contribution in [2.45, 2.75) is 20.0 Å². The van der Waals surface area contributed by atoms with Gasteiger partial charge >= 0.3 is 0 Å². The SMILES string of the molecule is CCCN=C(NN)Nc1cccc(COC)c1. The van der Waals surface area contributed by atoms with E-state index in [9.17, 15) is 0 Å². The Balaban J connectivity index is 2.68. The fourth-order valence-corrected chi connectivity index (χ4v) is 1.39. The molecule has 1 aromatic rings. The molecule has 94 valence electrons. The summed E-state index contributed by atoms with van der Waals surface area (Å²) in [7, 11) is 1.68. The van der Waals surface area contributed by atoms with Crippen molar-refractivity contribution in [3.63, 3.8) is 0 Å². The predicted molar refractivity (Wildman–Crippen MR) is 70.7 cm³/mol. The molecule has 0 fully saturated rings. The molecular weight excluding hydrogens is 216 g/mol. The monoisotopic (exact) mass is 236 g/mol. The van der Waals surface area contributed by atoms with Crippen LogP contribution in [0.4, 0.5) is 5.69 Å². The van der Waals surface area contributed by atoms with E-state index in [2.05, 4.69) is 22.7 Å². The number of aliphatic imine (C=N–C) groups is 1. The molecule has 0 radical (unpaired) electrons. The summed E-state index contributed by atoms with van der Waals surface area (Å²) in [6.07, 6.45) is 0.983. The van der Waals surface area contributed by atoms with E-state index in [0.717, 1.165) is 24.2 Å². The van der Waals surface area contributed by atoms with E-state index in [1.807, 2.05) is 24.3 Å². The second kappa shape index (κ2) is 7.65. The normalized spacial score (nSPS) is 11.4. The fourth-order valence-electron chi connectivity index (χ4n) is 1.39. The summed E-state index contributed by atoms with van der Waals surface area (Å²) in [6.45, 7) is 3.40. The molecule has 1 rings (SSSR count). The van der Waals surface area contributed by atoms with Crippen LogP contribution >= 0.6 is 0 Å². The summed E-state index contributed by atoms with van der Waals surface area (Å²) < 4.78 is 5.08.